The Bertz CT molecular complexity index is 828. The predicted octanol–water partition coefficient (Wildman–Crippen LogP) is 3.25. The molecule has 0 aliphatic heterocycles. The summed E-state index contributed by atoms with van der Waals surface area (Å²) >= 11 is 0. The van der Waals surface area contributed by atoms with E-state index in [1.165, 1.54) is 12.4 Å². The quantitative estimate of drug-likeness (QED) is 0.694. The van der Waals surface area contributed by atoms with Crippen LogP contribution in [0.5, 0.6) is 0 Å². The molecule has 0 saturated carbocycles. The highest BCUT2D eigenvalue weighted by Gasteiger charge is 2.11. The average molecular weight is 311 g/mol. The SMILES string of the molecule is CCOC(=O)c1cn(-c2ccc(-c3ccccc3F)cn2)cn1. The Morgan fingerprint density at radius 2 is 2.04 bits per heavy atom. The molecule has 0 spiro atoms. The van der Waals surface area contributed by atoms with Crippen molar-refractivity contribution in [2.24, 2.45) is 0 Å². The number of benzene rings is 1. The molecule has 2 heterocycles. The van der Waals surface area contributed by atoms with Gasteiger partial charge >= 0.3 is 5.97 Å². The first-order valence-corrected chi connectivity index (χ1v) is 7.11. The van der Waals surface area contributed by atoms with Crippen molar-refractivity contribution in [2.45, 2.75) is 6.92 Å². The number of rotatable bonds is 4. The van der Waals surface area contributed by atoms with Crippen LogP contribution in [0.15, 0.2) is 55.1 Å². The summed E-state index contributed by atoms with van der Waals surface area (Å²) in [4.78, 5) is 19.9. The first-order valence-electron chi connectivity index (χ1n) is 7.11. The number of nitrogens with zero attached hydrogens (tertiary/aromatic N) is 3. The van der Waals surface area contributed by atoms with Gasteiger partial charge in [0.15, 0.2) is 5.69 Å². The molecular weight excluding hydrogens is 297 g/mol. The average Bonchev–Trinajstić information content (AvgIpc) is 3.06. The van der Waals surface area contributed by atoms with E-state index in [-0.39, 0.29) is 11.5 Å². The number of carbonyl (C=O) groups excluding carboxylic acids is 1. The third kappa shape index (κ3) is 3.11. The monoisotopic (exact) mass is 311 g/mol. The van der Waals surface area contributed by atoms with Crippen molar-refractivity contribution < 1.29 is 13.9 Å². The molecule has 0 amide bonds. The van der Waals surface area contributed by atoms with Gasteiger partial charge in [0.1, 0.15) is 18.0 Å². The summed E-state index contributed by atoms with van der Waals surface area (Å²) in [6.07, 6.45) is 4.61. The van der Waals surface area contributed by atoms with Crippen LogP contribution in [0.25, 0.3) is 16.9 Å². The van der Waals surface area contributed by atoms with Gasteiger partial charge in [-0.15, -0.1) is 0 Å². The third-order valence-electron chi connectivity index (χ3n) is 3.26. The van der Waals surface area contributed by atoms with Crippen LogP contribution in [-0.2, 0) is 4.74 Å². The van der Waals surface area contributed by atoms with Gasteiger partial charge < -0.3 is 4.74 Å². The number of halogens is 1. The zero-order chi connectivity index (χ0) is 16.2. The van der Waals surface area contributed by atoms with Crippen molar-refractivity contribution in [3.63, 3.8) is 0 Å². The van der Waals surface area contributed by atoms with Crippen LogP contribution in [-0.4, -0.2) is 27.1 Å². The van der Waals surface area contributed by atoms with Crippen LogP contribution in [0.4, 0.5) is 4.39 Å². The second kappa shape index (κ2) is 6.39. The zero-order valence-corrected chi connectivity index (χ0v) is 12.4. The number of aromatic nitrogens is 3. The Morgan fingerprint density at radius 3 is 2.74 bits per heavy atom. The van der Waals surface area contributed by atoms with Crippen LogP contribution < -0.4 is 0 Å². The van der Waals surface area contributed by atoms with Crippen molar-refractivity contribution in [3.05, 3.63) is 66.6 Å². The van der Waals surface area contributed by atoms with Crippen LogP contribution >= 0.6 is 0 Å². The molecular formula is C17H14FN3O2. The van der Waals surface area contributed by atoms with Gasteiger partial charge in [0, 0.05) is 23.5 Å². The van der Waals surface area contributed by atoms with Crippen molar-refractivity contribution in [2.75, 3.05) is 6.61 Å². The minimum absolute atomic E-state index is 0.215. The lowest BCUT2D eigenvalue weighted by molar-refractivity contribution is 0.0520. The number of ether oxygens (including phenoxy) is 1. The first-order chi connectivity index (χ1) is 11.2. The molecule has 0 saturated heterocycles. The molecule has 0 fully saturated rings. The lowest BCUT2D eigenvalue weighted by atomic mass is 10.1. The van der Waals surface area contributed by atoms with Crippen LogP contribution in [0.1, 0.15) is 17.4 Å². The Labute approximate surface area is 132 Å². The maximum Gasteiger partial charge on any atom is 0.358 e. The summed E-state index contributed by atoms with van der Waals surface area (Å²) in [6.45, 7) is 2.03. The first kappa shape index (κ1) is 14.9. The zero-order valence-electron chi connectivity index (χ0n) is 12.4. The van der Waals surface area contributed by atoms with Gasteiger partial charge in [-0.2, -0.15) is 0 Å². The highest BCUT2D eigenvalue weighted by atomic mass is 19.1. The summed E-state index contributed by atoms with van der Waals surface area (Å²) in [5, 5.41) is 0. The molecule has 116 valence electrons. The highest BCUT2D eigenvalue weighted by molar-refractivity contribution is 5.87. The van der Waals surface area contributed by atoms with Crippen molar-refractivity contribution in [1.29, 1.82) is 0 Å². The van der Waals surface area contributed by atoms with E-state index >= 15 is 0 Å². The molecule has 0 N–H and O–H groups in total. The number of pyridine rings is 1. The van der Waals surface area contributed by atoms with E-state index in [1.54, 1.807) is 54.2 Å². The van der Waals surface area contributed by atoms with Crippen molar-refractivity contribution >= 4 is 5.97 Å². The molecule has 0 unspecified atom stereocenters. The number of imidazole rings is 1. The van der Waals surface area contributed by atoms with Crippen LogP contribution in [0, 0.1) is 5.82 Å². The number of hydrogen-bond donors (Lipinski definition) is 0. The molecule has 0 aliphatic rings. The smallest absolute Gasteiger partial charge is 0.358 e. The summed E-state index contributed by atoms with van der Waals surface area (Å²) in [5.41, 5.74) is 1.38. The Hall–Kier alpha value is -3.02. The van der Waals surface area contributed by atoms with E-state index in [0.29, 0.717) is 23.6 Å². The molecule has 23 heavy (non-hydrogen) atoms. The molecule has 3 aromatic rings. The van der Waals surface area contributed by atoms with Gasteiger partial charge in [-0.05, 0) is 25.1 Å². The molecule has 0 aliphatic carbocycles. The van der Waals surface area contributed by atoms with Gasteiger partial charge in [0.2, 0.25) is 0 Å². The van der Waals surface area contributed by atoms with E-state index < -0.39 is 5.97 Å². The number of esters is 1. The third-order valence-corrected chi connectivity index (χ3v) is 3.26. The molecule has 3 rings (SSSR count). The number of hydrogen-bond acceptors (Lipinski definition) is 4. The molecule has 5 nitrogen and oxygen atoms in total. The topological polar surface area (TPSA) is 57.0 Å². The fourth-order valence-corrected chi connectivity index (χ4v) is 2.15. The Balaban J connectivity index is 1.86. The van der Waals surface area contributed by atoms with Gasteiger partial charge in [0.25, 0.3) is 0 Å². The second-order valence-electron chi connectivity index (χ2n) is 4.77. The summed E-state index contributed by atoms with van der Waals surface area (Å²) in [7, 11) is 0. The molecule has 1 aromatic carbocycles. The van der Waals surface area contributed by atoms with Crippen LogP contribution in [0.3, 0.4) is 0 Å². The van der Waals surface area contributed by atoms with Crippen molar-refractivity contribution in [3.8, 4) is 16.9 Å². The van der Waals surface area contributed by atoms with E-state index in [0.717, 1.165) is 0 Å². The molecule has 0 radical (unpaired) electrons. The summed E-state index contributed by atoms with van der Waals surface area (Å²) in [6, 6.07) is 10.0. The lowest BCUT2D eigenvalue weighted by Crippen LogP contribution is -2.04. The van der Waals surface area contributed by atoms with E-state index in [1.807, 2.05) is 0 Å². The molecule has 6 heteroatoms. The fourth-order valence-electron chi connectivity index (χ4n) is 2.15. The highest BCUT2D eigenvalue weighted by Crippen LogP contribution is 2.22. The van der Waals surface area contributed by atoms with Gasteiger partial charge in [-0.3, -0.25) is 4.57 Å². The van der Waals surface area contributed by atoms with Crippen molar-refractivity contribution in [1.82, 2.24) is 14.5 Å². The fraction of sp³-hybridized carbons (Fsp3) is 0.118. The Morgan fingerprint density at radius 1 is 1.22 bits per heavy atom. The minimum Gasteiger partial charge on any atom is -0.461 e. The van der Waals surface area contributed by atoms with Gasteiger partial charge in [0.05, 0.1) is 6.61 Å². The molecule has 2 aromatic heterocycles. The summed E-state index contributed by atoms with van der Waals surface area (Å²) < 4.78 is 20.3. The normalized spacial score (nSPS) is 10.5. The second-order valence-corrected chi connectivity index (χ2v) is 4.77. The minimum atomic E-state index is -0.478. The van der Waals surface area contributed by atoms with Crippen LogP contribution in [0.2, 0.25) is 0 Å². The Kier molecular flexibility index (Phi) is 4.14. The van der Waals surface area contributed by atoms with Gasteiger partial charge in [-0.25, -0.2) is 19.2 Å². The molecule has 0 atom stereocenters. The van der Waals surface area contributed by atoms with E-state index in [2.05, 4.69) is 9.97 Å². The summed E-state index contributed by atoms with van der Waals surface area (Å²) in [5.74, 6) is -0.198. The maximum atomic E-state index is 13.8. The van der Waals surface area contributed by atoms with Gasteiger partial charge in [-0.1, -0.05) is 18.2 Å². The maximum absolute atomic E-state index is 13.8. The van der Waals surface area contributed by atoms with E-state index in [9.17, 15) is 9.18 Å². The largest absolute Gasteiger partial charge is 0.461 e. The van der Waals surface area contributed by atoms with E-state index in [4.69, 9.17) is 4.74 Å². The predicted molar refractivity (Wildman–Crippen MR) is 82.7 cm³/mol. The lowest BCUT2D eigenvalue weighted by Gasteiger charge is -2.05. The number of carbonyl (C=O) groups is 1. The molecule has 0 bridgehead atoms. The standard InChI is InChI=1S/C17H14FN3O2/c1-2-23-17(22)15-10-21(11-20-15)16-8-7-12(9-19-16)13-5-3-4-6-14(13)18/h3-11H,2H2,1H3.